The first-order valence-electron chi connectivity index (χ1n) is 6.18. The molecule has 3 nitrogen and oxygen atoms in total. The molecule has 1 saturated heterocycles. The second-order valence-electron chi connectivity index (χ2n) is 5.17. The minimum atomic E-state index is 0.615. The number of likely N-dealkylation sites (N-methyl/N-ethyl adjacent to an activating group) is 1. The maximum Gasteiger partial charge on any atom is 0.0687 e. The largest absolute Gasteiger partial charge is 0.310 e. The van der Waals surface area contributed by atoms with E-state index in [-0.39, 0.29) is 0 Å². The second-order valence-corrected chi connectivity index (χ2v) is 5.17. The summed E-state index contributed by atoms with van der Waals surface area (Å²) >= 11 is 0. The van der Waals surface area contributed by atoms with Gasteiger partial charge in [-0.05, 0) is 32.1 Å². The smallest absolute Gasteiger partial charge is 0.0687 e. The molecule has 1 fully saturated rings. The van der Waals surface area contributed by atoms with Crippen molar-refractivity contribution in [3.63, 3.8) is 0 Å². The third-order valence-corrected chi connectivity index (χ3v) is 2.95. The summed E-state index contributed by atoms with van der Waals surface area (Å²) in [4.78, 5) is 5.64. The van der Waals surface area contributed by atoms with E-state index in [0.29, 0.717) is 12.1 Å². The van der Waals surface area contributed by atoms with Crippen molar-refractivity contribution in [1.29, 1.82) is 0 Å². The first kappa shape index (κ1) is 12.9. The molecule has 1 rings (SSSR count). The van der Waals surface area contributed by atoms with Gasteiger partial charge in [0.05, 0.1) is 6.61 Å². The Morgan fingerprint density at radius 3 is 2.67 bits per heavy atom. The normalized spacial score (nSPS) is 26.8. The summed E-state index contributed by atoms with van der Waals surface area (Å²) in [6.45, 7) is 8.55. The predicted molar refractivity (Wildman–Crippen MR) is 63.7 cm³/mol. The van der Waals surface area contributed by atoms with Crippen LogP contribution in [0.5, 0.6) is 0 Å². The lowest BCUT2D eigenvalue weighted by atomic mass is 10.1. The number of hydrogen-bond acceptors (Lipinski definition) is 3. The van der Waals surface area contributed by atoms with Crippen LogP contribution in [0.1, 0.15) is 40.0 Å². The summed E-state index contributed by atoms with van der Waals surface area (Å²) in [7, 11) is 2.03. The lowest BCUT2D eigenvalue weighted by Gasteiger charge is -2.21. The van der Waals surface area contributed by atoms with Crippen LogP contribution in [-0.2, 0) is 4.84 Å². The molecular weight excluding hydrogens is 188 g/mol. The van der Waals surface area contributed by atoms with Gasteiger partial charge in [0.15, 0.2) is 0 Å². The molecule has 0 amide bonds. The highest BCUT2D eigenvalue weighted by Crippen LogP contribution is 2.12. The number of nitrogens with one attached hydrogen (secondary N) is 1. The van der Waals surface area contributed by atoms with Crippen molar-refractivity contribution in [3.05, 3.63) is 0 Å². The molecular formula is C12H26N2O. The van der Waals surface area contributed by atoms with E-state index in [1.165, 1.54) is 12.8 Å². The minimum Gasteiger partial charge on any atom is -0.310 e. The number of hydrogen-bond donors (Lipinski definition) is 1. The van der Waals surface area contributed by atoms with Gasteiger partial charge in [-0.25, -0.2) is 0 Å². The molecule has 2 unspecified atom stereocenters. The van der Waals surface area contributed by atoms with E-state index in [9.17, 15) is 0 Å². The summed E-state index contributed by atoms with van der Waals surface area (Å²) in [6, 6.07) is 1.29. The van der Waals surface area contributed by atoms with Gasteiger partial charge in [-0.3, -0.25) is 4.84 Å². The molecule has 3 heteroatoms. The predicted octanol–water partition coefficient (Wildman–Crippen LogP) is 2.04. The van der Waals surface area contributed by atoms with Gasteiger partial charge in [0.1, 0.15) is 0 Å². The topological polar surface area (TPSA) is 24.5 Å². The molecule has 0 aliphatic carbocycles. The molecule has 90 valence electrons. The number of hydroxylamine groups is 2. The Hall–Kier alpha value is -0.120. The Morgan fingerprint density at radius 1 is 1.40 bits per heavy atom. The first-order valence-corrected chi connectivity index (χ1v) is 6.18. The van der Waals surface area contributed by atoms with Gasteiger partial charge in [0.2, 0.25) is 0 Å². The molecule has 1 N–H and O–H groups in total. The van der Waals surface area contributed by atoms with Crippen LogP contribution in [0.25, 0.3) is 0 Å². The number of rotatable bonds is 6. The van der Waals surface area contributed by atoms with Crippen LogP contribution >= 0.6 is 0 Å². The van der Waals surface area contributed by atoms with Crippen LogP contribution in [0.3, 0.4) is 0 Å². The van der Waals surface area contributed by atoms with Gasteiger partial charge in [-0.1, -0.05) is 13.8 Å². The maximum absolute atomic E-state index is 5.64. The lowest BCUT2D eigenvalue weighted by Crippen LogP contribution is -2.37. The van der Waals surface area contributed by atoms with E-state index < -0.39 is 0 Å². The molecule has 15 heavy (non-hydrogen) atoms. The van der Waals surface area contributed by atoms with Gasteiger partial charge in [-0.2, -0.15) is 5.06 Å². The number of nitrogens with zero attached hydrogens (tertiary/aromatic N) is 1. The zero-order valence-electron chi connectivity index (χ0n) is 10.6. The van der Waals surface area contributed by atoms with Crippen molar-refractivity contribution in [2.75, 3.05) is 20.2 Å². The first-order chi connectivity index (χ1) is 7.08. The van der Waals surface area contributed by atoms with Crippen molar-refractivity contribution < 1.29 is 4.84 Å². The fourth-order valence-corrected chi connectivity index (χ4v) is 1.97. The van der Waals surface area contributed by atoms with Crippen molar-refractivity contribution in [2.45, 2.75) is 52.1 Å². The molecule has 0 saturated carbocycles. The summed E-state index contributed by atoms with van der Waals surface area (Å²) in [5, 5.41) is 5.55. The van der Waals surface area contributed by atoms with Gasteiger partial charge in [-0.15, -0.1) is 0 Å². The standard InChI is InChI=1S/C12H26N2O/c1-10(2)7-8-15-14(4)9-12-6-5-11(3)13-12/h10-13H,5-9H2,1-4H3. The monoisotopic (exact) mass is 214 g/mol. The molecule has 2 atom stereocenters. The molecule has 1 aliphatic rings. The SMILES string of the molecule is CC(C)CCON(C)CC1CCC(C)N1. The Kier molecular flexibility index (Phi) is 5.58. The average molecular weight is 214 g/mol. The van der Waals surface area contributed by atoms with Gasteiger partial charge in [0.25, 0.3) is 0 Å². The Morgan fingerprint density at radius 2 is 2.13 bits per heavy atom. The van der Waals surface area contributed by atoms with E-state index >= 15 is 0 Å². The Balaban J connectivity index is 2.05. The summed E-state index contributed by atoms with van der Waals surface area (Å²) < 4.78 is 0. The highest BCUT2D eigenvalue weighted by molar-refractivity contribution is 4.81. The molecule has 0 spiro atoms. The molecule has 0 bridgehead atoms. The zero-order chi connectivity index (χ0) is 11.3. The third-order valence-electron chi connectivity index (χ3n) is 2.95. The van der Waals surface area contributed by atoms with Crippen LogP contribution in [0.2, 0.25) is 0 Å². The summed E-state index contributed by atoms with van der Waals surface area (Å²) in [5.74, 6) is 0.725. The highest BCUT2D eigenvalue weighted by Gasteiger charge is 2.21. The Labute approximate surface area is 94.1 Å². The van der Waals surface area contributed by atoms with Crippen LogP contribution in [-0.4, -0.2) is 37.3 Å². The van der Waals surface area contributed by atoms with E-state index in [0.717, 1.165) is 25.5 Å². The van der Waals surface area contributed by atoms with E-state index in [1.54, 1.807) is 0 Å². The van der Waals surface area contributed by atoms with Crippen molar-refractivity contribution in [2.24, 2.45) is 5.92 Å². The highest BCUT2D eigenvalue weighted by atomic mass is 16.7. The van der Waals surface area contributed by atoms with E-state index in [4.69, 9.17) is 4.84 Å². The molecule has 0 radical (unpaired) electrons. The van der Waals surface area contributed by atoms with E-state index in [1.807, 2.05) is 12.1 Å². The van der Waals surface area contributed by atoms with Crippen molar-refractivity contribution in [1.82, 2.24) is 10.4 Å². The fourth-order valence-electron chi connectivity index (χ4n) is 1.97. The minimum absolute atomic E-state index is 0.615. The molecule has 1 heterocycles. The molecule has 0 aromatic rings. The zero-order valence-corrected chi connectivity index (χ0v) is 10.6. The summed E-state index contributed by atoms with van der Waals surface area (Å²) in [6.07, 6.45) is 3.71. The second kappa shape index (κ2) is 6.46. The van der Waals surface area contributed by atoms with Crippen LogP contribution in [0, 0.1) is 5.92 Å². The van der Waals surface area contributed by atoms with Crippen molar-refractivity contribution in [3.8, 4) is 0 Å². The van der Waals surface area contributed by atoms with Gasteiger partial charge >= 0.3 is 0 Å². The van der Waals surface area contributed by atoms with Gasteiger partial charge in [0, 0.05) is 25.7 Å². The summed E-state index contributed by atoms with van der Waals surface area (Å²) in [5.41, 5.74) is 0. The maximum atomic E-state index is 5.64. The Bertz CT molecular complexity index is 173. The molecule has 0 aromatic carbocycles. The van der Waals surface area contributed by atoms with Crippen molar-refractivity contribution >= 4 is 0 Å². The van der Waals surface area contributed by atoms with E-state index in [2.05, 4.69) is 26.1 Å². The average Bonchev–Trinajstić information content (AvgIpc) is 2.50. The quantitative estimate of drug-likeness (QED) is 0.685. The fraction of sp³-hybridized carbons (Fsp3) is 1.00. The third kappa shape index (κ3) is 5.50. The van der Waals surface area contributed by atoms with Crippen LogP contribution in [0.15, 0.2) is 0 Å². The van der Waals surface area contributed by atoms with Crippen LogP contribution < -0.4 is 5.32 Å². The molecule has 1 aliphatic heterocycles. The van der Waals surface area contributed by atoms with Gasteiger partial charge < -0.3 is 5.32 Å². The lowest BCUT2D eigenvalue weighted by molar-refractivity contribution is -0.145. The van der Waals surface area contributed by atoms with Crippen LogP contribution in [0.4, 0.5) is 0 Å². The molecule has 0 aromatic heterocycles.